The number of amides is 1. The number of nitrogens with one attached hydrogen (secondary N) is 2. The van der Waals surface area contributed by atoms with E-state index in [0.717, 1.165) is 11.3 Å². The zero-order valence-electron chi connectivity index (χ0n) is 19.4. The molecule has 0 bridgehead atoms. The molecule has 1 unspecified atom stereocenters. The van der Waals surface area contributed by atoms with Crippen molar-refractivity contribution in [2.45, 2.75) is 19.0 Å². The van der Waals surface area contributed by atoms with E-state index in [9.17, 15) is 9.59 Å². The second-order valence-corrected chi connectivity index (χ2v) is 8.34. The third-order valence-electron chi connectivity index (χ3n) is 5.55. The average Bonchev–Trinajstić information content (AvgIpc) is 2.81. The number of carbonyl (C=O) groups excluding carboxylic acids is 1. The monoisotopic (exact) mass is 470 g/mol. The Morgan fingerprint density at radius 3 is 2.55 bits per heavy atom. The van der Waals surface area contributed by atoms with Crippen molar-refractivity contribution in [3.63, 3.8) is 0 Å². The van der Waals surface area contributed by atoms with Gasteiger partial charge in [-0.15, -0.1) is 0 Å². The van der Waals surface area contributed by atoms with Crippen LogP contribution in [0.4, 0.5) is 0 Å². The molecule has 0 radical (unpaired) electrons. The minimum absolute atomic E-state index is 0.00887. The van der Waals surface area contributed by atoms with E-state index in [1.807, 2.05) is 43.3 Å². The number of fused-ring (bicyclic) bond motifs is 1. The number of aromatic amines is 1. The number of likely N-dealkylation sites (N-methyl/N-ethyl adjacent to an activating group) is 1. The summed E-state index contributed by atoms with van der Waals surface area (Å²) in [6, 6.07) is 12.8. The normalized spacial score (nSPS) is 12.2. The summed E-state index contributed by atoms with van der Waals surface area (Å²) in [5.74, 6) is 0.562. The number of hydrogen-bond donors (Lipinski definition) is 2. The molecule has 1 atom stereocenters. The fourth-order valence-electron chi connectivity index (χ4n) is 3.68. The lowest BCUT2D eigenvalue weighted by molar-refractivity contribution is 0.0942. The van der Waals surface area contributed by atoms with Crippen LogP contribution >= 0.6 is 12.2 Å². The van der Waals surface area contributed by atoms with Crippen LogP contribution in [0.2, 0.25) is 0 Å². The Morgan fingerprint density at radius 2 is 1.91 bits per heavy atom. The summed E-state index contributed by atoms with van der Waals surface area (Å²) in [5.41, 5.74) is 1.89. The van der Waals surface area contributed by atoms with Crippen LogP contribution in [0.1, 0.15) is 28.4 Å². The number of carbonyl (C=O) groups is 1. The summed E-state index contributed by atoms with van der Waals surface area (Å²) in [7, 11) is 7.18. The molecule has 176 valence electrons. The Morgan fingerprint density at radius 1 is 1.18 bits per heavy atom. The standard InChI is InChI=1S/C24H30N4O4S/c1-27(2)21(16-6-9-18(32-4)10-7-16)15-25-22(29)17-8-11-19-20(14-17)26-24(33)28(23(19)30)12-5-13-31-3/h6-11,14,21H,5,12-13,15H2,1-4H3,(H,25,29)(H,26,33). The van der Waals surface area contributed by atoms with Crippen molar-refractivity contribution in [3.8, 4) is 5.75 Å². The Bertz CT molecular complexity index is 1220. The van der Waals surface area contributed by atoms with Crippen LogP contribution in [0.25, 0.3) is 10.9 Å². The van der Waals surface area contributed by atoms with Crippen LogP contribution in [0.5, 0.6) is 5.75 Å². The van der Waals surface area contributed by atoms with Gasteiger partial charge >= 0.3 is 0 Å². The second kappa shape index (κ2) is 11.2. The number of rotatable bonds is 10. The molecule has 1 heterocycles. The summed E-state index contributed by atoms with van der Waals surface area (Å²) in [4.78, 5) is 30.8. The van der Waals surface area contributed by atoms with Crippen molar-refractivity contribution in [1.29, 1.82) is 0 Å². The van der Waals surface area contributed by atoms with Crippen LogP contribution in [0.15, 0.2) is 47.3 Å². The van der Waals surface area contributed by atoms with Gasteiger partial charge in [-0.3, -0.25) is 14.2 Å². The van der Waals surface area contributed by atoms with Gasteiger partial charge in [-0.05, 0) is 68.6 Å². The first-order valence-corrected chi connectivity index (χ1v) is 11.1. The van der Waals surface area contributed by atoms with E-state index in [0.29, 0.717) is 47.4 Å². The van der Waals surface area contributed by atoms with Gasteiger partial charge in [0.2, 0.25) is 0 Å². The molecule has 1 aromatic heterocycles. The third kappa shape index (κ3) is 5.87. The average molecular weight is 471 g/mol. The first-order valence-electron chi connectivity index (χ1n) is 10.7. The molecule has 2 N–H and O–H groups in total. The van der Waals surface area contributed by atoms with Crippen molar-refractivity contribution >= 4 is 29.0 Å². The van der Waals surface area contributed by atoms with Gasteiger partial charge in [-0.2, -0.15) is 0 Å². The molecule has 0 saturated carbocycles. The van der Waals surface area contributed by atoms with Gasteiger partial charge in [0, 0.05) is 32.4 Å². The highest BCUT2D eigenvalue weighted by atomic mass is 32.1. The Kier molecular flexibility index (Phi) is 8.37. The molecule has 0 fully saturated rings. The van der Waals surface area contributed by atoms with Gasteiger partial charge in [0.05, 0.1) is 24.1 Å². The molecule has 8 nitrogen and oxygen atoms in total. The zero-order valence-corrected chi connectivity index (χ0v) is 20.2. The van der Waals surface area contributed by atoms with Crippen molar-refractivity contribution in [3.05, 3.63) is 68.7 Å². The molecule has 3 rings (SSSR count). The lowest BCUT2D eigenvalue weighted by atomic mass is 10.1. The van der Waals surface area contributed by atoms with Gasteiger partial charge in [-0.25, -0.2) is 0 Å². The lowest BCUT2D eigenvalue weighted by Crippen LogP contribution is -2.34. The summed E-state index contributed by atoms with van der Waals surface area (Å²) in [6.07, 6.45) is 0.682. The van der Waals surface area contributed by atoms with Crippen LogP contribution in [0, 0.1) is 4.77 Å². The fraction of sp³-hybridized carbons (Fsp3) is 0.375. The smallest absolute Gasteiger partial charge is 0.262 e. The van der Waals surface area contributed by atoms with E-state index < -0.39 is 0 Å². The first-order chi connectivity index (χ1) is 15.8. The van der Waals surface area contributed by atoms with Gasteiger partial charge in [-0.1, -0.05) is 12.1 Å². The molecule has 0 aliphatic rings. The lowest BCUT2D eigenvalue weighted by Gasteiger charge is -2.25. The van der Waals surface area contributed by atoms with E-state index >= 15 is 0 Å². The number of benzene rings is 2. The summed E-state index contributed by atoms with van der Waals surface area (Å²) < 4.78 is 12.1. The number of hydrogen-bond acceptors (Lipinski definition) is 6. The maximum absolute atomic E-state index is 12.9. The zero-order chi connectivity index (χ0) is 24.0. The summed E-state index contributed by atoms with van der Waals surface area (Å²) in [5, 5.41) is 3.49. The van der Waals surface area contributed by atoms with E-state index in [1.54, 1.807) is 32.4 Å². The molecule has 1 amide bonds. The number of aromatic nitrogens is 2. The van der Waals surface area contributed by atoms with Crippen LogP contribution in [-0.4, -0.2) is 61.8 Å². The number of H-pyrrole nitrogens is 1. The summed E-state index contributed by atoms with van der Waals surface area (Å²) >= 11 is 5.36. The van der Waals surface area contributed by atoms with E-state index in [1.165, 1.54) is 4.57 Å². The fourth-order valence-corrected chi connectivity index (χ4v) is 3.97. The van der Waals surface area contributed by atoms with E-state index in [2.05, 4.69) is 10.3 Å². The number of nitrogens with zero attached hydrogens (tertiary/aromatic N) is 2. The highest BCUT2D eigenvalue weighted by molar-refractivity contribution is 7.71. The summed E-state index contributed by atoms with van der Waals surface area (Å²) in [6.45, 7) is 1.44. The molecule has 0 saturated heterocycles. The highest BCUT2D eigenvalue weighted by Crippen LogP contribution is 2.21. The predicted octanol–water partition coefficient (Wildman–Crippen LogP) is 3.14. The predicted molar refractivity (Wildman–Crippen MR) is 132 cm³/mol. The van der Waals surface area contributed by atoms with E-state index in [4.69, 9.17) is 21.7 Å². The van der Waals surface area contributed by atoms with Crippen molar-refractivity contribution in [1.82, 2.24) is 19.8 Å². The minimum Gasteiger partial charge on any atom is -0.497 e. The highest BCUT2D eigenvalue weighted by Gasteiger charge is 2.17. The molecule has 0 spiro atoms. The molecule has 9 heteroatoms. The van der Waals surface area contributed by atoms with Crippen LogP contribution < -0.4 is 15.6 Å². The number of methoxy groups -OCH3 is 2. The van der Waals surface area contributed by atoms with Gasteiger partial charge in [0.25, 0.3) is 11.5 Å². The third-order valence-corrected chi connectivity index (χ3v) is 5.88. The van der Waals surface area contributed by atoms with Gasteiger partial charge in [0.15, 0.2) is 4.77 Å². The molecule has 0 aliphatic carbocycles. The van der Waals surface area contributed by atoms with Crippen molar-refractivity contribution in [2.24, 2.45) is 0 Å². The maximum atomic E-state index is 12.9. The molecule has 0 aliphatic heterocycles. The van der Waals surface area contributed by atoms with Crippen LogP contribution in [0.3, 0.4) is 0 Å². The van der Waals surface area contributed by atoms with Gasteiger partial charge < -0.3 is 24.7 Å². The Hall–Kier alpha value is -3.01. The van der Waals surface area contributed by atoms with Crippen LogP contribution in [-0.2, 0) is 11.3 Å². The Labute approximate surface area is 198 Å². The largest absolute Gasteiger partial charge is 0.497 e. The molecule has 3 aromatic rings. The maximum Gasteiger partial charge on any atom is 0.262 e. The molecular formula is C24H30N4O4S. The van der Waals surface area contributed by atoms with Crippen molar-refractivity contribution < 1.29 is 14.3 Å². The topological polar surface area (TPSA) is 88.6 Å². The second-order valence-electron chi connectivity index (χ2n) is 7.96. The van der Waals surface area contributed by atoms with E-state index in [-0.39, 0.29) is 17.5 Å². The Balaban J connectivity index is 1.78. The first kappa shape index (κ1) is 24.6. The number of ether oxygens (including phenoxy) is 2. The quantitative estimate of drug-likeness (QED) is 0.350. The van der Waals surface area contributed by atoms with Crippen molar-refractivity contribution in [2.75, 3.05) is 41.5 Å². The minimum atomic E-state index is -0.221. The molecular weight excluding hydrogens is 440 g/mol. The SMILES string of the molecule is COCCCn1c(=S)[nH]c2cc(C(=O)NCC(c3ccc(OC)cc3)N(C)C)ccc2c1=O. The molecule has 33 heavy (non-hydrogen) atoms. The molecule has 2 aromatic carbocycles. The van der Waals surface area contributed by atoms with Gasteiger partial charge in [0.1, 0.15) is 5.75 Å².